The molecule has 6 nitrogen and oxygen atoms in total. The second-order valence-electron chi connectivity index (χ2n) is 8.27. The van der Waals surface area contributed by atoms with E-state index in [1.54, 1.807) is 36.4 Å². The maximum atomic E-state index is 11.2. The third-order valence-corrected chi connectivity index (χ3v) is 5.58. The van der Waals surface area contributed by atoms with Crippen LogP contribution in [0.1, 0.15) is 59.2 Å². The molecule has 2 aliphatic rings. The first-order valence-corrected chi connectivity index (χ1v) is 12.2. The van der Waals surface area contributed by atoms with Crippen molar-refractivity contribution in [2.75, 3.05) is 20.3 Å². The molecule has 0 heterocycles. The van der Waals surface area contributed by atoms with Crippen LogP contribution < -0.4 is 9.47 Å². The lowest BCUT2D eigenvalue weighted by molar-refractivity contribution is 0.0599. The van der Waals surface area contributed by atoms with Gasteiger partial charge in [-0.3, -0.25) is 0 Å². The maximum absolute atomic E-state index is 11.2. The van der Waals surface area contributed by atoms with Crippen LogP contribution in [-0.2, 0) is 4.74 Å². The Balaban J connectivity index is 0.000000206. The number of carbonyl (C=O) groups is 2. The fourth-order valence-electron chi connectivity index (χ4n) is 3.61. The van der Waals surface area contributed by atoms with Crippen molar-refractivity contribution in [1.29, 1.82) is 0 Å². The molecule has 37 heavy (non-hydrogen) atoms. The second-order valence-corrected chi connectivity index (χ2v) is 8.27. The number of benzene rings is 2. The molecule has 0 radical (unpaired) electrons. The number of hydrogen-bond donors (Lipinski definition) is 1. The van der Waals surface area contributed by atoms with Crippen LogP contribution >= 0.6 is 0 Å². The van der Waals surface area contributed by atoms with Gasteiger partial charge in [0, 0.05) is 0 Å². The predicted molar refractivity (Wildman–Crippen MR) is 142 cm³/mol. The lowest BCUT2D eigenvalue weighted by Crippen LogP contribution is -2.01. The summed E-state index contributed by atoms with van der Waals surface area (Å²) in [4.78, 5) is 21.9. The van der Waals surface area contributed by atoms with Crippen molar-refractivity contribution in [1.82, 2.24) is 0 Å². The standard InChI is InChI=1S/C16H16O3.C15H14O3/c1-18-16(17)14-8-10-15(11-9-14)19-12-4-7-13-5-2-3-6-13;16-15(17)13-7-9-14(10-8-13)18-11-3-6-12-4-1-2-5-12/h5,8-11H,2-3,6,12H2,1H3;4,7-10H,1-2,5,11H2,(H,16,17). The van der Waals surface area contributed by atoms with Crippen molar-refractivity contribution in [2.24, 2.45) is 0 Å². The number of ether oxygens (including phenoxy) is 3. The first-order valence-electron chi connectivity index (χ1n) is 12.2. The van der Waals surface area contributed by atoms with Gasteiger partial charge in [0.2, 0.25) is 0 Å². The van der Waals surface area contributed by atoms with Gasteiger partial charge in [-0.2, -0.15) is 0 Å². The van der Waals surface area contributed by atoms with E-state index >= 15 is 0 Å². The van der Waals surface area contributed by atoms with Crippen LogP contribution in [0.5, 0.6) is 11.5 Å². The van der Waals surface area contributed by atoms with Gasteiger partial charge in [0.25, 0.3) is 0 Å². The highest BCUT2D eigenvalue weighted by atomic mass is 16.5. The molecule has 0 aromatic heterocycles. The van der Waals surface area contributed by atoms with Crippen molar-refractivity contribution in [2.45, 2.75) is 38.5 Å². The highest BCUT2D eigenvalue weighted by Crippen LogP contribution is 2.17. The van der Waals surface area contributed by atoms with Crippen LogP contribution in [0.3, 0.4) is 0 Å². The van der Waals surface area contributed by atoms with Crippen molar-refractivity contribution in [3.63, 3.8) is 0 Å². The van der Waals surface area contributed by atoms with E-state index in [-0.39, 0.29) is 11.5 Å². The van der Waals surface area contributed by atoms with Crippen molar-refractivity contribution < 1.29 is 28.9 Å². The Bertz CT molecular complexity index is 1250. The molecule has 0 fully saturated rings. The van der Waals surface area contributed by atoms with Gasteiger partial charge in [-0.05, 0) is 98.2 Å². The van der Waals surface area contributed by atoms with Gasteiger partial charge in [-0.25, -0.2) is 9.59 Å². The average molecular weight is 499 g/mol. The fraction of sp³-hybridized carbons (Fsp3) is 0.290. The van der Waals surface area contributed by atoms with E-state index in [1.165, 1.54) is 43.2 Å². The zero-order valence-electron chi connectivity index (χ0n) is 20.9. The molecule has 0 bridgehead atoms. The molecule has 6 heteroatoms. The van der Waals surface area contributed by atoms with Gasteiger partial charge in [0.05, 0.1) is 18.2 Å². The Morgan fingerprint density at radius 2 is 1.22 bits per heavy atom. The van der Waals surface area contributed by atoms with Crippen LogP contribution in [0.15, 0.2) is 71.8 Å². The summed E-state index contributed by atoms with van der Waals surface area (Å²) in [5, 5.41) is 8.74. The monoisotopic (exact) mass is 498 g/mol. The average Bonchev–Trinajstić information content (AvgIpc) is 3.64. The molecule has 0 saturated heterocycles. The summed E-state index contributed by atoms with van der Waals surface area (Å²) in [7, 11) is 1.36. The van der Waals surface area contributed by atoms with Gasteiger partial charge in [-0.1, -0.05) is 35.8 Å². The minimum atomic E-state index is -0.936. The smallest absolute Gasteiger partial charge is 0.337 e. The summed E-state index contributed by atoms with van der Waals surface area (Å²) in [6.45, 7) is 0.679. The minimum absolute atomic E-state index is 0.254. The maximum Gasteiger partial charge on any atom is 0.337 e. The third kappa shape index (κ3) is 9.63. The molecule has 4 rings (SSSR count). The number of carbonyl (C=O) groups excluding carboxylic acids is 1. The Morgan fingerprint density at radius 3 is 1.59 bits per heavy atom. The molecule has 0 saturated carbocycles. The van der Waals surface area contributed by atoms with Gasteiger partial charge < -0.3 is 19.3 Å². The largest absolute Gasteiger partial charge is 0.481 e. The molecule has 190 valence electrons. The van der Waals surface area contributed by atoms with Gasteiger partial charge >= 0.3 is 11.9 Å². The molecule has 0 unspecified atom stereocenters. The molecule has 1 N–H and O–H groups in total. The molecule has 2 aromatic rings. The summed E-state index contributed by atoms with van der Waals surface area (Å²) in [6, 6.07) is 13.1. The Morgan fingerprint density at radius 1 is 0.757 bits per heavy atom. The Labute approximate surface area is 217 Å². The van der Waals surface area contributed by atoms with E-state index in [1.807, 2.05) is 0 Å². The second kappa shape index (κ2) is 14.9. The normalized spacial score (nSPS) is 13.3. The van der Waals surface area contributed by atoms with Gasteiger partial charge in [0.1, 0.15) is 24.7 Å². The molecule has 0 aliphatic heterocycles. The van der Waals surface area contributed by atoms with Crippen LogP contribution in [0, 0.1) is 23.7 Å². The van der Waals surface area contributed by atoms with Crippen molar-refractivity contribution in [3.8, 4) is 35.2 Å². The van der Waals surface area contributed by atoms with E-state index in [0.29, 0.717) is 30.3 Å². The number of rotatable bonds is 6. The number of allylic oxidation sites excluding steroid dienone is 4. The van der Waals surface area contributed by atoms with Crippen LogP contribution in [0.25, 0.3) is 0 Å². The van der Waals surface area contributed by atoms with E-state index in [4.69, 9.17) is 14.6 Å². The predicted octanol–water partition coefficient (Wildman–Crippen LogP) is 5.84. The fourth-order valence-corrected chi connectivity index (χ4v) is 3.61. The van der Waals surface area contributed by atoms with E-state index < -0.39 is 5.97 Å². The molecular formula is C31H30O6. The lowest BCUT2D eigenvalue weighted by Gasteiger charge is -2.03. The summed E-state index contributed by atoms with van der Waals surface area (Å²) in [6.07, 6.45) is 11.2. The first-order chi connectivity index (χ1) is 18.0. The van der Waals surface area contributed by atoms with Crippen molar-refractivity contribution in [3.05, 3.63) is 83.0 Å². The number of methoxy groups -OCH3 is 1. The summed E-state index contributed by atoms with van der Waals surface area (Å²) >= 11 is 0. The molecule has 2 aromatic carbocycles. The van der Waals surface area contributed by atoms with Crippen LogP contribution in [0.2, 0.25) is 0 Å². The van der Waals surface area contributed by atoms with E-state index in [9.17, 15) is 9.59 Å². The SMILES string of the molecule is COC(=O)c1ccc(OCC#CC2=CCCC2)cc1.O=C(O)c1ccc(OCC#CC2=CCCC2)cc1. The third-order valence-electron chi connectivity index (χ3n) is 5.58. The molecule has 2 aliphatic carbocycles. The van der Waals surface area contributed by atoms with E-state index in [2.05, 4.69) is 40.6 Å². The number of hydrogen-bond acceptors (Lipinski definition) is 5. The summed E-state index contributed by atoms with van der Waals surface area (Å²) in [5.41, 5.74) is 3.17. The highest BCUT2D eigenvalue weighted by molar-refractivity contribution is 5.89. The van der Waals surface area contributed by atoms with Gasteiger partial charge in [0.15, 0.2) is 0 Å². The molecule has 0 spiro atoms. The quantitative estimate of drug-likeness (QED) is 0.398. The molecule has 0 amide bonds. The number of carboxylic acids is 1. The summed E-state index contributed by atoms with van der Waals surface area (Å²) < 4.78 is 15.5. The summed E-state index contributed by atoms with van der Waals surface area (Å²) in [5.74, 6) is 12.2. The van der Waals surface area contributed by atoms with Crippen LogP contribution in [-0.4, -0.2) is 37.4 Å². The minimum Gasteiger partial charge on any atom is -0.481 e. The molecule has 0 atom stereocenters. The first kappa shape index (κ1) is 27.2. The van der Waals surface area contributed by atoms with Crippen molar-refractivity contribution >= 4 is 11.9 Å². The number of carboxylic acid groups (broad SMARTS) is 1. The zero-order valence-corrected chi connectivity index (χ0v) is 20.9. The molecular weight excluding hydrogens is 468 g/mol. The Hall–Kier alpha value is -4.42. The topological polar surface area (TPSA) is 82.1 Å². The van der Waals surface area contributed by atoms with E-state index in [0.717, 1.165) is 25.7 Å². The highest BCUT2D eigenvalue weighted by Gasteiger charge is 2.05. The Kier molecular flexibility index (Phi) is 10.9. The lowest BCUT2D eigenvalue weighted by atomic mass is 10.2. The van der Waals surface area contributed by atoms with Crippen LogP contribution in [0.4, 0.5) is 0 Å². The number of esters is 1. The number of aromatic carboxylic acids is 1. The van der Waals surface area contributed by atoms with Gasteiger partial charge in [-0.15, -0.1) is 0 Å². The zero-order chi connectivity index (χ0) is 26.3.